The van der Waals surface area contributed by atoms with Gasteiger partial charge in [-0.3, -0.25) is 4.99 Å². The van der Waals surface area contributed by atoms with Crippen LogP contribution in [0.4, 0.5) is 11.6 Å². The van der Waals surface area contributed by atoms with Crippen LogP contribution in [0.1, 0.15) is 80.8 Å². The number of fused-ring (bicyclic) bond motifs is 6. The summed E-state index contributed by atoms with van der Waals surface area (Å²) in [6, 6.07) is 39.9. The van der Waals surface area contributed by atoms with Gasteiger partial charge in [-0.1, -0.05) is 121 Å². The molecular weight excluding hydrogens is 687 g/mol. The molecular formula is C49H41N7. The molecule has 7 nitrogen and oxygen atoms in total. The lowest BCUT2D eigenvalue weighted by molar-refractivity contribution is 0.650. The van der Waals surface area contributed by atoms with Crippen LogP contribution in [0.5, 0.6) is 0 Å². The van der Waals surface area contributed by atoms with Crippen LogP contribution >= 0.6 is 0 Å². The fourth-order valence-electron chi connectivity index (χ4n) is 10.0. The number of benzene rings is 4. The molecule has 272 valence electrons. The third kappa shape index (κ3) is 5.44. The summed E-state index contributed by atoms with van der Waals surface area (Å²) >= 11 is 0. The standard InChI is InChI=1S/C25H21N3.C24H20N4/c1-2-7-17(8-3-1)24-22-15-18-9-4-5-10-19(18)20(22)13-14-28(24)25-21-11-6-12-23(21)26-16-27-25;1-2-6-16(7-3-1)23-20-12-17-8-4-5-9-18(17)19(20)10-11-28(23)24-21-13-25-14-22(21)26-15-27-24/h1-11,16,24H,12-15H2;1-9,13,15,23H,10-12,14H2. The first-order valence-corrected chi connectivity index (χ1v) is 19.9. The summed E-state index contributed by atoms with van der Waals surface area (Å²) in [4.78, 5) is 27.8. The molecule has 6 aromatic rings. The normalized spacial score (nSPS) is 19.6. The Morgan fingerprint density at radius 3 is 1.62 bits per heavy atom. The second kappa shape index (κ2) is 13.7. The maximum absolute atomic E-state index is 4.75. The highest BCUT2D eigenvalue weighted by Gasteiger charge is 2.39. The molecule has 2 aromatic heterocycles. The summed E-state index contributed by atoms with van der Waals surface area (Å²) in [5.41, 5.74) is 19.0. The van der Waals surface area contributed by atoms with E-state index in [1.54, 1.807) is 18.2 Å². The van der Waals surface area contributed by atoms with Crippen LogP contribution in [0.2, 0.25) is 0 Å². The minimum atomic E-state index is 0.199. The van der Waals surface area contributed by atoms with Gasteiger partial charge in [-0.25, -0.2) is 19.9 Å². The van der Waals surface area contributed by atoms with Gasteiger partial charge in [0.1, 0.15) is 24.3 Å². The number of hydrogen-bond donors (Lipinski definition) is 0. The molecule has 12 rings (SSSR count). The van der Waals surface area contributed by atoms with Crippen LogP contribution < -0.4 is 9.80 Å². The van der Waals surface area contributed by atoms with Crippen molar-refractivity contribution in [2.24, 2.45) is 4.99 Å². The first kappa shape index (κ1) is 32.9. The van der Waals surface area contributed by atoms with E-state index in [4.69, 9.17) is 9.97 Å². The predicted octanol–water partition coefficient (Wildman–Crippen LogP) is 9.38. The number of nitrogens with zero attached hydrogens (tertiary/aromatic N) is 7. The minimum absolute atomic E-state index is 0.199. The summed E-state index contributed by atoms with van der Waals surface area (Å²) in [5.74, 6) is 2.10. The first-order chi connectivity index (χ1) is 27.8. The highest BCUT2D eigenvalue weighted by Crippen LogP contribution is 2.50. The number of rotatable bonds is 4. The smallest absolute Gasteiger partial charge is 0.141 e. The lowest BCUT2D eigenvalue weighted by atomic mass is 9.88. The second-order valence-corrected chi connectivity index (χ2v) is 15.4. The maximum atomic E-state index is 4.75. The van der Waals surface area contributed by atoms with Crippen LogP contribution in [0.25, 0.3) is 17.2 Å². The molecule has 7 heteroatoms. The summed E-state index contributed by atoms with van der Waals surface area (Å²) in [7, 11) is 0. The molecule has 56 heavy (non-hydrogen) atoms. The Balaban J connectivity index is 0.000000130. The molecule has 4 aromatic carbocycles. The van der Waals surface area contributed by atoms with E-state index in [9.17, 15) is 0 Å². The van der Waals surface area contributed by atoms with Crippen molar-refractivity contribution in [2.75, 3.05) is 22.9 Å². The van der Waals surface area contributed by atoms with E-state index in [1.807, 2.05) is 6.21 Å². The molecule has 0 bridgehead atoms. The molecule has 0 saturated carbocycles. The minimum Gasteiger partial charge on any atom is -0.345 e. The fraction of sp³-hybridized carbons (Fsp3) is 0.204. The van der Waals surface area contributed by atoms with Gasteiger partial charge in [0.2, 0.25) is 0 Å². The highest BCUT2D eigenvalue weighted by molar-refractivity contribution is 5.91. The van der Waals surface area contributed by atoms with Crippen LogP contribution in [0, 0.1) is 0 Å². The first-order valence-electron chi connectivity index (χ1n) is 19.9. The average molecular weight is 728 g/mol. The number of anilines is 2. The predicted molar refractivity (Wildman–Crippen MR) is 225 cm³/mol. The molecule has 0 amide bonds. The molecule has 0 saturated heterocycles. The molecule has 2 atom stereocenters. The highest BCUT2D eigenvalue weighted by atomic mass is 15.2. The van der Waals surface area contributed by atoms with E-state index in [-0.39, 0.29) is 12.1 Å². The Morgan fingerprint density at radius 1 is 0.518 bits per heavy atom. The molecule has 0 N–H and O–H groups in total. The lowest BCUT2D eigenvalue weighted by Gasteiger charge is -2.39. The van der Waals surface area contributed by atoms with Gasteiger partial charge >= 0.3 is 0 Å². The van der Waals surface area contributed by atoms with E-state index >= 15 is 0 Å². The Bertz CT molecular complexity index is 2440. The Labute approximate surface area is 327 Å². The van der Waals surface area contributed by atoms with Crippen molar-refractivity contribution in [1.29, 1.82) is 0 Å². The van der Waals surface area contributed by atoms with E-state index in [2.05, 4.69) is 146 Å². The lowest BCUT2D eigenvalue weighted by Crippen LogP contribution is -2.36. The van der Waals surface area contributed by atoms with Crippen LogP contribution in [-0.4, -0.2) is 39.2 Å². The second-order valence-electron chi connectivity index (χ2n) is 15.4. The molecule has 2 unspecified atom stereocenters. The Kier molecular flexibility index (Phi) is 8.04. The summed E-state index contributed by atoms with van der Waals surface area (Å²) in [6.07, 6.45) is 14.8. The van der Waals surface area contributed by atoms with Gasteiger partial charge < -0.3 is 9.80 Å². The van der Waals surface area contributed by atoms with Gasteiger partial charge in [-0.15, -0.1) is 0 Å². The third-order valence-electron chi connectivity index (χ3n) is 12.4. The van der Waals surface area contributed by atoms with Crippen molar-refractivity contribution in [1.82, 2.24) is 19.9 Å². The number of hydrogen-bond acceptors (Lipinski definition) is 7. The third-order valence-corrected chi connectivity index (χ3v) is 12.4. The van der Waals surface area contributed by atoms with E-state index < -0.39 is 0 Å². The SMILES string of the molecule is C1=Cc2c(ncnc2N2CCC3=C(Cc4ccccc43)C2c2ccccc2)C1.C1=NCc2ncnc(N3CCC4=C(Cc5ccccc54)C3c3ccccc3)c21. The molecule has 3 aliphatic heterocycles. The van der Waals surface area contributed by atoms with Crippen LogP contribution in [0.15, 0.2) is 144 Å². The zero-order chi connectivity index (χ0) is 37.0. The number of aliphatic imine (C=N–C) groups is 1. The van der Waals surface area contributed by atoms with Gasteiger partial charge in [0, 0.05) is 31.3 Å². The average Bonchev–Trinajstić information content (AvgIpc) is 4.08. The van der Waals surface area contributed by atoms with Gasteiger partial charge in [0.15, 0.2) is 0 Å². The van der Waals surface area contributed by atoms with E-state index in [0.29, 0.717) is 6.54 Å². The van der Waals surface area contributed by atoms with Crippen LogP contribution in [0.3, 0.4) is 0 Å². The van der Waals surface area contributed by atoms with Crippen molar-refractivity contribution >= 4 is 35.1 Å². The van der Waals surface area contributed by atoms with Gasteiger partial charge in [0.25, 0.3) is 0 Å². The topological polar surface area (TPSA) is 70.4 Å². The number of allylic oxidation sites excluding steroid dienone is 1. The monoisotopic (exact) mass is 727 g/mol. The van der Waals surface area contributed by atoms with Gasteiger partial charge in [-0.2, -0.15) is 0 Å². The van der Waals surface area contributed by atoms with E-state index in [1.165, 1.54) is 55.7 Å². The van der Waals surface area contributed by atoms with E-state index in [0.717, 1.165) is 73.8 Å². The molecule has 5 heterocycles. The van der Waals surface area contributed by atoms with Crippen molar-refractivity contribution < 1.29 is 0 Å². The van der Waals surface area contributed by atoms with Crippen molar-refractivity contribution in [2.45, 2.75) is 50.7 Å². The van der Waals surface area contributed by atoms with Crippen molar-refractivity contribution in [3.05, 3.63) is 195 Å². The maximum Gasteiger partial charge on any atom is 0.141 e. The summed E-state index contributed by atoms with van der Waals surface area (Å²) in [5, 5.41) is 0. The fourth-order valence-corrected chi connectivity index (χ4v) is 10.0. The molecule has 6 aliphatic rings. The Hall–Kier alpha value is -6.47. The molecule has 3 aliphatic carbocycles. The quantitative estimate of drug-likeness (QED) is 0.180. The molecule has 0 spiro atoms. The van der Waals surface area contributed by atoms with Crippen molar-refractivity contribution in [3.63, 3.8) is 0 Å². The summed E-state index contributed by atoms with van der Waals surface area (Å²) in [6.45, 7) is 2.59. The largest absolute Gasteiger partial charge is 0.345 e. The van der Waals surface area contributed by atoms with Crippen molar-refractivity contribution in [3.8, 4) is 0 Å². The molecule has 0 radical (unpaired) electrons. The molecule has 0 fully saturated rings. The Morgan fingerprint density at radius 2 is 1.04 bits per heavy atom. The zero-order valence-corrected chi connectivity index (χ0v) is 31.2. The van der Waals surface area contributed by atoms with Gasteiger partial charge in [-0.05, 0) is 81.4 Å². The number of aromatic nitrogens is 4. The zero-order valence-electron chi connectivity index (χ0n) is 31.2. The van der Waals surface area contributed by atoms with Gasteiger partial charge in [0.05, 0.1) is 35.6 Å². The summed E-state index contributed by atoms with van der Waals surface area (Å²) < 4.78 is 0. The van der Waals surface area contributed by atoms with Crippen LogP contribution in [-0.2, 0) is 25.8 Å².